The van der Waals surface area contributed by atoms with E-state index in [1.54, 1.807) is 24.3 Å². The van der Waals surface area contributed by atoms with Crippen molar-refractivity contribution in [3.63, 3.8) is 0 Å². The van der Waals surface area contributed by atoms with Crippen LogP contribution >= 0.6 is 0 Å². The summed E-state index contributed by atoms with van der Waals surface area (Å²) < 4.78 is 36.3. The molecule has 1 atom stereocenters. The molecule has 9 nitrogen and oxygen atoms in total. The Morgan fingerprint density at radius 2 is 1.90 bits per heavy atom. The highest BCUT2D eigenvalue weighted by molar-refractivity contribution is 7.92. The second-order valence-corrected chi connectivity index (χ2v) is 8.37. The van der Waals surface area contributed by atoms with Crippen LogP contribution < -0.4 is 14.4 Å². The highest BCUT2D eigenvalue weighted by atomic mass is 32.2. The van der Waals surface area contributed by atoms with Crippen LogP contribution in [-0.4, -0.2) is 43.4 Å². The van der Waals surface area contributed by atoms with E-state index in [0.29, 0.717) is 17.3 Å². The Balaban J connectivity index is 1.45. The average Bonchev–Trinajstić information content (AvgIpc) is 3.20. The zero-order chi connectivity index (χ0) is 20.4. The van der Waals surface area contributed by atoms with E-state index in [0.717, 1.165) is 16.1 Å². The molecule has 1 unspecified atom stereocenters. The number of aromatic nitrogens is 2. The summed E-state index contributed by atoms with van der Waals surface area (Å²) in [6.07, 6.45) is 0.0873. The predicted octanol–water partition coefficient (Wildman–Crippen LogP) is 1.58. The maximum atomic E-state index is 12.6. The van der Waals surface area contributed by atoms with Gasteiger partial charge in [0.25, 0.3) is 5.91 Å². The Hall–Kier alpha value is -3.40. The van der Waals surface area contributed by atoms with E-state index in [1.807, 2.05) is 30.3 Å². The monoisotopic (exact) mass is 414 g/mol. The van der Waals surface area contributed by atoms with Gasteiger partial charge in [0, 0.05) is 5.56 Å². The van der Waals surface area contributed by atoms with Gasteiger partial charge >= 0.3 is 0 Å². The molecule has 1 aliphatic heterocycles. The molecule has 4 rings (SSSR count). The van der Waals surface area contributed by atoms with Crippen LogP contribution in [-0.2, 0) is 21.4 Å². The van der Waals surface area contributed by atoms with Crippen molar-refractivity contribution in [2.24, 2.45) is 0 Å². The summed E-state index contributed by atoms with van der Waals surface area (Å²) in [7, 11) is -3.57. The minimum absolute atomic E-state index is 0.000944. The van der Waals surface area contributed by atoms with Gasteiger partial charge in [-0.25, -0.2) is 8.42 Å². The average molecular weight is 414 g/mol. The molecule has 0 aliphatic carbocycles. The fraction of sp³-hybridized carbons (Fsp3) is 0.211. The summed E-state index contributed by atoms with van der Waals surface area (Å²) >= 11 is 0. The summed E-state index contributed by atoms with van der Waals surface area (Å²) in [6.45, 7) is -0.125. The van der Waals surface area contributed by atoms with Crippen LogP contribution in [0.1, 0.15) is 5.89 Å². The van der Waals surface area contributed by atoms with Gasteiger partial charge in [-0.3, -0.25) is 9.10 Å². The summed E-state index contributed by atoms with van der Waals surface area (Å²) in [5.74, 6) is 0.496. The molecule has 3 aromatic rings. The first-order valence-electron chi connectivity index (χ1n) is 8.81. The van der Waals surface area contributed by atoms with Crippen LogP contribution in [0, 0.1) is 0 Å². The zero-order valence-corrected chi connectivity index (χ0v) is 16.3. The second-order valence-electron chi connectivity index (χ2n) is 6.46. The SMILES string of the molecule is CS(=O)(=O)N1CC(C(=O)NCc2nc(-c3ccccc3)no2)Oc2ccccc21. The van der Waals surface area contributed by atoms with Crippen LogP contribution in [0.25, 0.3) is 11.4 Å². The number of nitrogens with zero attached hydrogens (tertiary/aromatic N) is 3. The topological polar surface area (TPSA) is 115 Å². The number of carbonyl (C=O) groups is 1. The van der Waals surface area contributed by atoms with Gasteiger partial charge in [0.1, 0.15) is 5.75 Å². The van der Waals surface area contributed by atoms with Crippen molar-refractivity contribution in [2.75, 3.05) is 17.1 Å². The molecule has 10 heteroatoms. The van der Waals surface area contributed by atoms with Crippen molar-refractivity contribution in [2.45, 2.75) is 12.6 Å². The molecule has 1 aromatic heterocycles. The normalized spacial score (nSPS) is 16.0. The molecule has 150 valence electrons. The number of sulfonamides is 1. The van der Waals surface area contributed by atoms with E-state index >= 15 is 0 Å². The van der Waals surface area contributed by atoms with E-state index in [2.05, 4.69) is 15.5 Å². The van der Waals surface area contributed by atoms with Gasteiger partial charge in [-0.05, 0) is 12.1 Å². The first-order chi connectivity index (χ1) is 13.9. The molecule has 2 heterocycles. The van der Waals surface area contributed by atoms with Crippen LogP contribution in [0.4, 0.5) is 5.69 Å². The molecule has 0 saturated heterocycles. The largest absolute Gasteiger partial charge is 0.476 e. The standard InChI is InChI=1S/C19H18N4O5S/c1-29(25,26)23-12-16(27-15-10-6-5-9-14(15)23)19(24)20-11-17-21-18(22-28-17)13-7-3-2-4-8-13/h2-10,16H,11-12H2,1H3,(H,20,24). The Morgan fingerprint density at radius 3 is 2.66 bits per heavy atom. The Morgan fingerprint density at radius 1 is 1.17 bits per heavy atom. The summed E-state index contributed by atoms with van der Waals surface area (Å²) in [4.78, 5) is 16.8. The molecule has 0 spiro atoms. The van der Waals surface area contributed by atoms with Crippen LogP contribution in [0.3, 0.4) is 0 Å². The van der Waals surface area contributed by atoms with E-state index in [1.165, 1.54) is 0 Å². The molecule has 0 bridgehead atoms. The highest BCUT2D eigenvalue weighted by Crippen LogP contribution is 2.34. The second kappa shape index (κ2) is 7.55. The van der Waals surface area contributed by atoms with E-state index in [9.17, 15) is 13.2 Å². The Labute approximate surface area is 167 Å². The van der Waals surface area contributed by atoms with Crippen molar-refractivity contribution in [1.82, 2.24) is 15.5 Å². The van der Waals surface area contributed by atoms with E-state index < -0.39 is 22.0 Å². The van der Waals surface area contributed by atoms with Crippen molar-refractivity contribution < 1.29 is 22.5 Å². The molecule has 0 radical (unpaired) electrons. The smallest absolute Gasteiger partial charge is 0.263 e. The fourth-order valence-electron chi connectivity index (χ4n) is 2.96. The summed E-state index contributed by atoms with van der Waals surface area (Å²) in [5.41, 5.74) is 1.20. The van der Waals surface area contributed by atoms with Crippen molar-refractivity contribution in [3.05, 3.63) is 60.5 Å². The Kier molecular flexibility index (Phi) is 4.93. The van der Waals surface area contributed by atoms with Crippen molar-refractivity contribution in [1.29, 1.82) is 0 Å². The number of fused-ring (bicyclic) bond motifs is 1. The number of carbonyl (C=O) groups excluding carboxylic acids is 1. The van der Waals surface area contributed by atoms with Gasteiger partial charge in [0.15, 0.2) is 6.10 Å². The van der Waals surface area contributed by atoms with Gasteiger partial charge in [-0.2, -0.15) is 4.98 Å². The summed E-state index contributed by atoms with van der Waals surface area (Å²) in [5, 5.41) is 6.55. The molecular formula is C19H18N4O5S. The molecule has 29 heavy (non-hydrogen) atoms. The molecule has 2 aromatic carbocycles. The number of hydrogen-bond donors (Lipinski definition) is 1. The minimum atomic E-state index is -3.57. The third-order valence-electron chi connectivity index (χ3n) is 4.34. The van der Waals surface area contributed by atoms with Crippen LogP contribution in [0.15, 0.2) is 59.1 Å². The van der Waals surface area contributed by atoms with Gasteiger partial charge < -0.3 is 14.6 Å². The lowest BCUT2D eigenvalue weighted by molar-refractivity contribution is -0.128. The first-order valence-corrected chi connectivity index (χ1v) is 10.7. The van der Waals surface area contributed by atoms with Crippen molar-refractivity contribution in [3.8, 4) is 17.1 Å². The lowest BCUT2D eigenvalue weighted by Gasteiger charge is -2.33. The quantitative estimate of drug-likeness (QED) is 0.674. The third kappa shape index (κ3) is 4.06. The van der Waals surface area contributed by atoms with Crippen LogP contribution in [0.2, 0.25) is 0 Å². The Bertz CT molecular complexity index is 1130. The minimum Gasteiger partial charge on any atom is -0.476 e. The highest BCUT2D eigenvalue weighted by Gasteiger charge is 2.34. The van der Waals surface area contributed by atoms with E-state index in [-0.39, 0.29) is 19.0 Å². The molecule has 0 fully saturated rings. The molecule has 1 N–H and O–H groups in total. The first kappa shape index (κ1) is 18.9. The lowest BCUT2D eigenvalue weighted by atomic mass is 10.2. The van der Waals surface area contributed by atoms with Gasteiger partial charge in [0.05, 0.1) is 25.0 Å². The lowest BCUT2D eigenvalue weighted by Crippen LogP contribution is -2.50. The number of anilines is 1. The number of hydrogen-bond acceptors (Lipinski definition) is 7. The molecule has 1 amide bonds. The molecular weight excluding hydrogens is 396 g/mol. The fourth-order valence-corrected chi connectivity index (χ4v) is 3.87. The number of rotatable bonds is 5. The summed E-state index contributed by atoms with van der Waals surface area (Å²) in [6, 6.07) is 16.0. The maximum Gasteiger partial charge on any atom is 0.263 e. The number of nitrogens with one attached hydrogen (secondary N) is 1. The third-order valence-corrected chi connectivity index (χ3v) is 5.49. The van der Waals surface area contributed by atoms with Crippen LogP contribution in [0.5, 0.6) is 5.75 Å². The maximum absolute atomic E-state index is 12.6. The molecule has 0 saturated carbocycles. The number of benzene rings is 2. The molecule has 1 aliphatic rings. The van der Waals surface area contributed by atoms with Gasteiger partial charge in [0.2, 0.25) is 21.7 Å². The van der Waals surface area contributed by atoms with Crippen molar-refractivity contribution >= 4 is 21.6 Å². The van der Waals surface area contributed by atoms with Gasteiger partial charge in [-0.1, -0.05) is 47.6 Å². The zero-order valence-electron chi connectivity index (χ0n) is 15.5. The van der Waals surface area contributed by atoms with Gasteiger partial charge in [-0.15, -0.1) is 0 Å². The number of amides is 1. The van der Waals surface area contributed by atoms with E-state index in [4.69, 9.17) is 9.26 Å². The predicted molar refractivity (Wildman–Crippen MR) is 105 cm³/mol. The number of para-hydroxylation sites is 2. The number of ether oxygens (including phenoxy) is 1.